The van der Waals surface area contributed by atoms with Crippen LogP contribution in [0.15, 0.2) is 212 Å². The first-order valence-electron chi connectivity index (χ1n) is 27.0. The van der Waals surface area contributed by atoms with Crippen molar-refractivity contribution in [2.75, 3.05) is 6.61 Å². The van der Waals surface area contributed by atoms with Crippen molar-refractivity contribution in [1.82, 2.24) is 0 Å². The smallest absolute Gasteiger partial charge is 0.237 e. The summed E-state index contributed by atoms with van der Waals surface area (Å²) in [5.74, 6) is 2.85. The second-order valence-electron chi connectivity index (χ2n) is 18.0. The normalized spacial score (nSPS) is 14.2. The predicted molar refractivity (Wildman–Crippen MR) is 326 cm³/mol. The van der Waals surface area contributed by atoms with Crippen LogP contribution in [-0.2, 0) is 4.74 Å². The summed E-state index contributed by atoms with van der Waals surface area (Å²) < 4.78 is 20.0. The fourth-order valence-electron chi connectivity index (χ4n) is 9.52. The molecule has 1 radical (unpaired) electrons. The summed E-state index contributed by atoms with van der Waals surface area (Å²) >= 11 is 0. The number of benzene rings is 8. The van der Waals surface area contributed by atoms with Crippen molar-refractivity contribution >= 4 is 62.2 Å². The largest absolute Gasteiger partial charge is 0.507 e. The Kier molecular flexibility index (Phi) is 23.0. The zero-order valence-electron chi connectivity index (χ0n) is 46.2. The number of allylic oxidation sites excluding steroid dienone is 10. The molecule has 78 heavy (non-hydrogen) atoms. The molecular formula is C71H72LaO6. The number of hydrogen-bond donors (Lipinski definition) is 3. The zero-order chi connectivity index (χ0) is 54.7. The van der Waals surface area contributed by atoms with E-state index in [1.54, 1.807) is 13.0 Å². The maximum absolute atomic E-state index is 11.7. The van der Waals surface area contributed by atoms with Gasteiger partial charge in [-0.05, 0) is 141 Å². The monoisotopic (exact) mass is 1160 g/mol. The molecule has 0 aromatic heterocycles. The van der Waals surface area contributed by atoms with Crippen molar-refractivity contribution in [3.8, 4) is 34.1 Å². The molecule has 8 aromatic rings. The molecule has 0 aliphatic heterocycles. The Morgan fingerprint density at radius 1 is 0.654 bits per heavy atom. The summed E-state index contributed by atoms with van der Waals surface area (Å²) in [7, 11) is 0. The van der Waals surface area contributed by atoms with Gasteiger partial charge in [0.15, 0.2) is 0 Å². The van der Waals surface area contributed by atoms with Crippen LogP contribution >= 0.6 is 0 Å². The molecule has 0 saturated heterocycles. The maximum Gasteiger partial charge on any atom is 0.237 e. The summed E-state index contributed by atoms with van der Waals surface area (Å²) in [6.07, 6.45) is 25.6. The predicted octanol–water partition coefficient (Wildman–Crippen LogP) is 16.0. The number of aromatic hydroxyl groups is 1. The van der Waals surface area contributed by atoms with Gasteiger partial charge in [-0.25, -0.2) is 0 Å². The van der Waals surface area contributed by atoms with Crippen LogP contribution < -0.4 is 30.3 Å². The Balaban J connectivity index is 0.00000118. The average molecular weight is 1160 g/mol. The molecule has 6 nitrogen and oxygen atoms in total. The SMILES string of the molecule is C=C(/C(O)=C\C=C1\C=CC=CC1)c1c(OC(C)O/C(C)=C/C=c2/cccc/c2=C\c2c(Oc3ccc4ccccc4c3-c3c(O)ccc4c3=CCCCC=4)ccc3ccccc23)ccc2ccccc12.CC.CC.CCO.[La]. The van der Waals surface area contributed by atoms with E-state index >= 15 is 0 Å². The summed E-state index contributed by atoms with van der Waals surface area (Å²) in [5, 5.41) is 40.8. The minimum Gasteiger partial charge on any atom is -0.507 e. The molecule has 0 spiro atoms. The van der Waals surface area contributed by atoms with Crippen molar-refractivity contribution < 1.29 is 65.1 Å². The third-order valence-corrected chi connectivity index (χ3v) is 13.0. The number of fused-ring (bicyclic) bond motifs is 4. The molecule has 2 aliphatic carbocycles. The second kappa shape index (κ2) is 29.9. The van der Waals surface area contributed by atoms with Crippen molar-refractivity contribution in [1.29, 1.82) is 0 Å². The molecule has 1 unspecified atom stereocenters. The molecule has 7 heteroatoms. The molecule has 0 heterocycles. The van der Waals surface area contributed by atoms with Crippen molar-refractivity contribution in [2.24, 2.45) is 0 Å². The molecule has 3 N–H and O–H groups in total. The van der Waals surface area contributed by atoms with Gasteiger partial charge in [0.2, 0.25) is 6.29 Å². The van der Waals surface area contributed by atoms with Crippen LogP contribution in [0.3, 0.4) is 0 Å². The Bertz CT molecular complexity index is 3800. The first kappa shape index (κ1) is 59.9. The van der Waals surface area contributed by atoms with E-state index < -0.39 is 6.29 Å². The van der Waals surface area contributed by atoms with Gasteiger partial charge in [0.25, 0.3) is 0 Å². The molecule has 0 amide bonds. The summed E-state index contributed by atoms with van der Waals surface area (Å²) in [6.45, 7) is 18.0. The quantitative estimate of drug-likeness (QED) is 0.0642. The average Bonchev–Trinajstić information content (AvgIpc) is 3.74. The van der Waals surface area contributed by atoms with Gasteiger partial charge >= 0.3 is 0 Å². The maximum atomic E-state index is 11.7. The van der Waals surface area contributed by atoms with Crippen molar-refractivity contribution in [3.63, 3.8) is 0 Å². The van der Waals surface area contributed by atoms with Gasteiger partial charge in [-0.15, -0.1) is 0 Å². The van der Waals surface area contributed by atoms with E-state index in [-0.39, 0.29) is 53.7 Å². The number of ether oxygens (including phenoxy) is 3. The van der Waals surface area contributed by atoms with Crippen molar-refractivity contribution in [2.45, 2.75) is 80.4 Å². The van der Waals surface area contributed by atoms with Crippen LogP contribution in [0.5, 0.6) is 23.0 Å². The van der Waals surface area contributed by atoms with Gasteiger partial charge in [-0.1, -0.05) is 204 Å². The van der Waals surface area contributed by atoms with Gasteiger partial charge < -0.3 is 29.5 Å². The van der Waals surface area contributed by atoms with Gasteiger partial charge in [-0.3, -0.25) is 0 Å². The van der Waals surface area contributed by atoms with Gasteiger partial charge in [0, 0.05) is 77.0 Å². The molecule has 10 rings (SSSR count). The topological polar surface area (TPSA) is 88.4 Å². The second-order valence-corrected chi connectivity index (χ2v) is 18.0. The Labute approximate surface area is 488 Å². The minimum atomic E-state index is -0.675. The summed E-state index contributed by atoms with van der Waals surface area (Å²) in [5.41, 5.74) is 4.83. The van der Waals surface area contributed by atoms with E-state index in [1.165, 1.54) is 0 Å². The Hall–Kier alpha value is -7.39. The Morgan fingerprint density at radius 3 is 1.94 bits per heavy atom. The zero-order valence-corrected chi connectivity index (χ0v) is 49.8. The third kappa shape index (κ3) is 14.6. The van der Waals surface area contributed by atoms with E-state index in [4.69, 9.17) is 19.3 Å². The molecule has 2 aliphatic rings. The molecule has 8 aromatic carbocycles. The summed E-state index contributed by atoms with van der Waals surface area (Å²) in [4.78, 5) is 0. The number of hydrogen-bond acceptors (Lipinski definition) is 6. The number of rotatable bonds is 12. The molecule has 1 atom stereocenters. The van der Waals surface area contributed by atoms with E-state index in [0.717, 1.165) is 101 Å². The van der Waals surface area contributed by atoms with Crippen LogP contribution in [0, 0.1) is 35.6 Å². The fraction of sp³-hybridized carbons (Fsp3) is 0.183. The minimum absolute atomic E-state index is 0. The van der Waals surface area contributed by atoms with Crippen molar-refractivity contribution in [3.05, 3.63) is 244 Å². The number of aliphatic hydroxyl groups excluding tert-OH is 2. The molecular weight excluding hydrogens is 1090 g/mol. The van der Waals surface area contributed by atoms with E-state index in [9.17, 15) is 10.2 Å². The first-order chi connectivity index (χ1) is 37.7. The van der Waals surface area contributed by atoms with Crippen LogP contribution in [0.4, 0.5) is 0 Å². The van der Waals surface area contributed by atoms with Crippen LogP contribution in [0.1, 0.15) is 85.3 Å². The fourth-order valence-corrected chi connectivity index (χ4v) is 9.52. The van der Waals surface area contributed by atoms with Gasteiger partial charge in [0.05, 0.1) is 5.76 Å². The molecule has 395 valence electrons. The van der Waals surface area contributed by atoms with E-state index in [2.05, 4.69) is 97.6 Å². The molecule has 0 fully saturated rings. The first-order valence-corrected chi connectivity index (χ1v) is 27.0. The standard InChI is InChI=1S/C65H54O5.C2H6O.2C2H6.La/c1-43(68-45(3)69-61-40-35-50-23-13-16-28-54(50)63(61)44(2)58(66)37-31-46-18-6-4-7-19-46)30-32-47-20-10-11-25-52(47)42-57-53-26-15-12-22-48(53)34-39-60(57)70-62-41-36-51-24-14-17-29-56(51)65(62)64-55-27-9-5-8-21-49(55)33-38-59(64)67;1-2-3;2*1-2;/h4,6-7,10-18,20-42,45,66-67H,2,5,8-9,19H2,1,3H3;3H,2H2,1H3;2*1-2H3;/b43-30+,46-31-,47-32-,52-42+,58-37+;;;;. The van der Waals surface area contributed by atoms with Gasteiger partial charge in [0.1, 0.15) is 28.8 Å². The number of phenolic OH excluding ortho intramolecular Hbond substituents is 1. The number of phenols is 1. The van der Waals surface area contributed by atoms with E-state index in [0.29, 0.717) is 34.1 Å². The third-order valence-electron chi connectivity index (χ3n) is 13.0. The summed E-state index contributed by atoms with van der Waals surface area (Å²) in [6, 6.07) is 48.9. The van der Waals surface area contributed by atoms with Crippen LogP contribution in [0.2, 0.25) is 0 Å². The van der Waals surface area contributed by atoms with Crippen LogP contribution in [-0.4, -0.2) is 28.2 Å². The van der Waals surface area contributed by atoms with Crippen LogP contribution in [0.25, 0.3) is 73.3 Å². The number of aliphatic hydroxyl groups is 2. The van der Waals surface area contributed by atoms with Gasteiger partial charge in [-0.2, -0.15) is 0 Å². The Morgan fingerprint density at radius 2 is 1.24 bits per heavy atom. The molecule has 0 bridgehead atoms. The molecule has 0 saturated carbocycles. The van der Waals surface area contributed by atoms with E-state index in [1.807, 2.05) is 157 Å².